The summed E-state index contributed by atoms with van der Waals surface area (Å²) in [6, 6.07) is 3.68. The van der Waals surface area contributed by atoms with Crippen molar-refractivity contribution in [3.05, 3.63) is 35.6 Å². The molecule has 2 atom stereocenters. The molecular formula is C18H23FN4O4. The van der Waals surface area contributed by atoms with E-state index in [4.69, 9.17) is 5.41 Å². The van der Waals surface area contributed by atoms with Crippen LogP contribution in [0.25, 0.3) is 0 Å². The molecule has 1 aromatic carbocycles. The molecule has 0 saturated carbocycles. The fraction of sp³-hybridized carbons (Fsp3) is 0.389. The first-order valence-electron chi connectivity index (χ1n) is 8.36. The summed E-state index contributed by atoms with van der Waals surface area (Å²) in [6.07, 6.45) is 0.560. The molecule has 0 fully saturated rings. The first-order chi connectivity index (χ1) is 12.7. The van der Waals surface area contributed by atoms with Crippen LogP contribution >= 0.6 is 0 Å². The molecule has 0 aliphatic rings. The molecule has 0 heterocycles. The average Bonchev–Trinajstić information content (AvgIpc) is 2.63. The number of hydrogen-bond donors (Lipinski definition) is 4. The van der Waals surface area contributed by atoms with Gasteiger partial charge in [0.05, 0.1) is 6.21 Å². The lowest BCUT2D eigenvalue weighted by Crippen LogP contribution is -2.52. The third-order valence-electron chi connectivity index (χ3n) is 3.67. The zero-order chi connectivity index (χ0) is 20.4. The molecular weight excluding hydrogens is 355 g/mol. The van der Waals surface area contributed by atoms with Crippen molar-refractivity contribution in [2.24, 2.45) is 0 Å². The molecule has 0 aliphatic carbocycles. The maximum atomic E-state index is 12.9. The van der Waals surface area contributed by atoms with Gasteiger partial charge in [-0.1, -0.05) is 12.1 Å². The molecule has 146 valence electrons. The number of Topliss-reactive ketones (excluding diaryl/α,β-unsaturated/α-hetero) is 1. The van der Waals surface area contributed by atoms with Crippen LogP contribution in [0.15, 0.2) is 24.3 Å². The highest BCUT2D eigenvalue weighted by atomic mass is 19.1. The van der Waals surface area contributed by atoms with E-state index >= 15 is 0 Å². The van der Waals surface area contributed by atoms with Crippen LogP contribution in [-0.2, 0) is 25.7 Å². The second-order valence-corrected chi connectivity index (χ2v) is 5.98. The Labute approximate surface area is 156 Å². The van der Waals surface area contributed by atoms with Gasteiger partial charge in [0.2, 0.25) is 17.7 Å². The lowest BCUT2D eigenvalue weighted by molar-refractivity contribution is -0.131. The molecule has 0 spiro atoms. The summed E-state index contributed by atoms with van der Waals surface area (Å²) in [4.78, 5) is 46.9. The summed E-state index contributed by atoms with van der Waals surface area (Å²) in [5.41, 5.74) is 0.664. The number of hydrogen-bond acceptors (Lipinski definition) is 5. The number of amides is 3. The highest BCUT2D eigenvalue weighted by molar-refractivity contribution is 6.26. The van der Waals surface area contributed by atoms with Gasteiger partial charge in [-0.15, -0.1) is 0 Å². The predicted octanol–water partition coefficient (Wildman–Crippen LogP) is 0.450. The quantitative estimate of drug-likeness (QED) is 0.441. The standard InChI is InChI=1S/C18H23FN4O4/c1-11(22-12(2)24)17(26)23-16(8-7-15(25)9-20)18(27)21-10-13-3-5-14(19)6-4-13/h3-6,9,11,16,20H,7-8,10H2,1-2H3,(H,21,27)(H,22,24)(H,23,26)/t11-,16-/m0/s1. The third-order valence-corrected chi connectivity index (χ3v) is 3.67. The second-order valence-electron chi connectivity index (χ2n) is 5.98. The predicted molar refractivity (Wildman–Crippen MR) is 96.5 cm³/mol. The van der Waals surface area contributed by atoms with E-state index in [1.165, 1.54) is 38.1 Å². The van der Waals surface area contributed by atoms with Gasteiger partial charge in [0, 0.05) is 19.9 Å². The topological polar surface area (TPSA) is 128 Å². The van der Waals surface area contributed by atoms with Gasteiger partial charge in [-0.25, -0.2) is 4.39 Å². The van der Waals surface area contributed by atoms with Crippen LogP contribution in [0, 0.1) is 11.2 Å². The second kappa shape index (κ2) is 10.8. The van der Waals surface area contributed by atoms with E-state index < -0.39 is 41.4 Å². The fourth-order valence-electron chi connectivity index (χ4n) is 2.21. The van der Waals surface area contributed by atoms with Crippen LogP contribution in [0.4, 0.5) is 4.39 Å². The molecule has 4 N–H and O–H groups in total. The highest BCUT2D eigenvalue weighted by Gasteiger charge is 2.24. The van der Waals surface area contributed by atoms with Crippen LogP contribution in [0.3, 0.4) is 0 Å². The van der Waals surface area contributed by atoms with Crippen molar-refractivity contribution in [1.82, 2.24) is 16.0 Å². The smallest absolute Gasteiger partial charge is 0.242 e. The van der Waals surface area contributed by atoms with E-state index in [1.807, 2.05) is 0 Å². The maximum absolute atomic E-state index is 12.9. The summed E-state index contributed by atoms with van der Waals surface area (Å²) >= 11 is 0. The van der Waals surface area contributed by atoms with Gasteiger partial charge < -0.3 is 21.4 Å². The molecule has 0 aliphatic heterocycles. The number of nitrogens with one attached hydrogen (secondary N) is 4. The minimum Gasteiger partial charge on any atom is -0.350 e. The molecule has 0 radical (unpaired) electrons. The summed E-state index contributed by atoms with van der Waals surface area (Å²) < 4.78 is 12.9. The molecule has 0 saturated heterocycles. The number of halogens is 1. The van der Waals surface area contributed by atoms with Crippen LogP contribution < -0.4 is 16.0 Å². The average molecular weight is 378 g/mol. The zero-order valence-corrected chi connectivity index (χ0v) is 15.2. The van der Waals surface area contributed by atoms with Gasteiger partial charge in [-0.05, 0) is 31.0 Å². The molecule has 1 aromatic rings. The van der Waals surface area contributed by atoms with Crippen LogP contribution in [-0.4, -0.2) is 41.8 Å². The molecule has 3 amide bonds. The summed E-state index contributed by atoms with van der Waals surface area (Å²) in [5, 5.41) is 14.4. The SMILES string of the molecule is CC(=O)N[C@@H](C)C(=O)N[C@@H](CCC(=O)C=N)C(=O)NCc1ccc(F)cc1. The minimum absolute atomic E-state index is 0.00198. The van der Waals surface area contributed by atoms with Crippen LogP contribution in [0.1, 0.15) is 32.3 Å². The van der Waals surface area contributed by atoms with Gasteiger partial charge in [0.15, 0.2) is 5.78 Å². The van der Waals surface area contributed by atoms with Crippen molar-refractivity contribution >= 4 is 29.7 Å². The molecule has 1 rings (SSSR count). The maximum Gasteiger partial charge on any atom is 0.242 e. The van der Waals surface area contributed by atoms with Gasteiger partial charge in [0.1, 0.15) is 17.9 Å². The molecule has 8 nitrogen and oxygen atoms in total. The van der Waals surface area contributed by atoms with E-state index in [2.05, 4.69) is 16.0 Å². The fourth-order valence-corrected chi connectivity index (χ4v) is 2.21. The van der Waals surface area contributed by atoms with E-state index in [0.717, 1.165) is 0 Å². The molecule has 9 heteroatoms. The van der Waals surface area contributed by atoms with E-state index in [9.17, 15) is 23.6 Å². The largest absolute Gasteiger partial charge is 0.350 e. The summed E-state index contributed by atoms with van der Waals surface area (Å²) in [6.45, 7) is 2.84. The molecule has 0 unspecified atom stereocenters. The Morgan fingerprint density at radius 2 is 1.74 bits per heavy atom. The van der Waals surface area contributed by atoms with Crippen molar-refractivity contribution in [3.63, 3.8) is 0 Å². The number of rotatable bonds is 10. The van der Waals surface area contributed by atoms with Crippen molar-refractivity contribution < 1.29 is 23.6 Å². The normalized spacial score (nSPS) is 12.4. The van der Waals surface area contributed by atoms with Crippen LogP contribution in [0.2, 0.25) is 0 Å². The Hall–Kier alpha value is -3.10. The van der Waals surface area contributed by atoms with E-state index in [0.29, 0.717) is 11.8 Å². The monoisotopic (exact) mass is 378 g/mol. The van der Waals surface area contributed by atoms with Crippen LogP contribution in [0.5, 0.6) is 0 Å². The Balaban J connectivity index is 2.73. The van der Waals surface area contributed by atoms with Gasteiger partial charge in [-0.3, -0.25) is 19.2 Å². The molecule has 0 bridgehead atoms. The van der Waals surface area contributed by atoms with Crippen molar-refractivity contribution in [3.8, 4) is 0 Å². The lowest BCUT2D eigenvalue weighted by atomic mass is 10.1. The number of benzene rings is 1. The highest BCUT2D eigenvalue weighted by Crippen LogP contribution is 2.04. The zero-order valence-electron chi connectivity index (χ0n) is 15.2. The van der Waals surface area contributed by atoms with Crippen molar-refractivity contribution in [1.29, 1.82) is 5.41 Å². The van der Waals surface area contributed by atoms with Gasteiger partial charge >= 0.3 is 0 Å². The first kappa shape index (κ1) is 21.9. The van der Waals surface area contributed by atoms with Gasteiger partial charge in [-0.2, -0.15) is 0 Å². The summed E-state index contributed by atoms with van der Waals surface area (Å²) in [7, 11) is 0. The Morgan fingerprint density at radius 3 is 2.30 bits per heavy atom. The third kappa shape index (κ3) is 8.21. The number of ketones is 1. The minimum atomic E-state index is -1.02. The number of carbonyl (C=O) groups excluding carboxylic acids is 4. The lowest BCUT2D eigenvalue weighted by Gasteiger charge is -2.20. The Morgan fingerprint density at radius 1 is 1.11 bits per heavy atom. The Kier molecular flexibility index (Phi) is 8.77. The van der Waals surface area contributed by atoms with Crippen molar-refractivity contribution in [2.75, 3.05) is 0 Å². The van der Waals surface area contributed by atoms with Crippen molar-refractivity contribution in [2.45, 2.75) is 45.3 Å². The van der Waals surface area contributed by atoms with E-state index in [1.54, 1.807) is 0 Å². The Bertz CT molecular complexity index is 706. The van der Waals surface area contributed by atoms with E-state index in [-0.39, 0.29) is 19.4 Å². The number of carbonyl (C=O) groups is 4. The summed E-state index contributed by atoms with van der Waals surface area (Å²) in [5.74, 6) is -2.37. The van der Waals surface area contributed by atoms with Gasteiger partial charge in [0.25, 0.3) is 0 Å². The molecule has 27 heavy (non-hydrogen) atoms. The first-order valence-corrected chi connectivity index (χ1v) is 8.36. The molecule has 0 aromatic heterocycles.